The zero-order valence-corrected chi connectivity index (χ0v) is 16.5. The summed E-state index contributed by atoms with van der Waals surface area (Å²) in [7, 11) is -5.47. The molecule has 0 spiro atoms. The van der Waals surface area contributed by atoms with E-state index in [0.717, 1.165) is 11.8 Å². The van der Waals surface area contributed by atoms with Crippen molar-refractivity contribution in [1.82, 2.24) is 4.98 Å². The van der Waals surface area contributed by atoms with E-state index in [1.165, 1.54) is 0 Å². The fraction of sp³-hybridized carbons (Fsp3) is 0.188. The van der Waals surface area contributed by atoms with Crippen molar-refractivity contribution in [2.75, 3.05) is 17.1 Å². The van der Waals surface area contributed by atoms with E-state index in [9.17, 15) is 53.1 Å². The fourth-order valence-electron chi connectivity index (χ4n) is 2.19. The van der Waals surface area contributed by atoms with Crippen LogP contribution in [0.25, 0.3) is 0 Å². The molecule has 1 aromatic carbocycles. The largest absolute Gasteiger partial charge is 0.516 e. The van der Waals surface area contributed by atoms with E-state index in [2.05, 4.69) is 9.72 Å². The first-order valence-corrected chi connectivity index (χ1v) is 9.51. The second-order valence-corrected chi connectivity index (χ2v) is 7.60. The van der Waals surface area contributed by atoms with Crippen molar-refractivity contribution in [2.24, 2.45) is 0 Å². The molecule has 8 nitrogen and oxygen atoms in total. The van der Waals surface area contributed by atoms with Crippen molar-refractivity contribution in [3.8, 4) is 0 Å². The van der Waals surface area contributed by atoms with Gasteiger partial charge >= 0.3 is 27.7 Å². The Bertz CT molecular complexity index is 1210. The van der Waals surface area contributed by atoms with Crippen LogP contribution in [0, 0.1) is 11.6 Å². The molecule has 0 fully saturated rings. The number of carbonyl (C=O) groups excluding carboxylic acids is 2. The highest BCUT2D eigenvalue weighted by Crippen LogP contribution is 2.33. The third-order valence-electron chi connectivity index (χ3n) is 3.69. The molecule has 0 saturated carbocycles. The van der Waals surface area contributed by atoms with E-state index in [0.29, 0.717) is 6.07 Å². The minimum Gasteiger partial charge on any atom is -0.465 e. The number of halogens is 8. The highest BCUT2D eigenvalue weighted by atomic mass is 32.2. The molecule has 0 aliphatic heterocycles. The van der Waals surface area contributed by atoms with Gasteiger partial charge in [0.1, 0.15) is 0 Å². The Labute approximate surface area is 178 Å². The smallest absolute Gasteiger partial charge is 0.465 e. The van der Waals surface area contributed by atoms with Crippen molar-refractivity contribution in [3.63, 3.8) is 0 Å². The Morgan fingerprint density at radius 2 is 1.55 bits per heavy atom. The molecule has 1 amide bonds. The third kappa shape index (κ3) is 5.65. The lowest BCUT2D eigenvalue weighted by atomic mass is 10.1. The fourth-order valence-corrected chi connectivity index (χ4v) is 2.75. The molecular weight excluding hydrogens is 498 g/mol. The maximum absolute atomic E-state index is 13.6. The number of hydrogen-bond acceptors (Lipinski definition) is 6. The zero-order chi connectivity index (χ0) is 25.4. The highest BCUT2D eigenvalue weighted by molar-refractivity contribution is 7.93. The van der Waals surface area contributed by atoms with Gasteiger partial charge in [-0.25, -0.2) is 18.6 Å². The molecule has 0 atom stereocenters. The number of hydrogen-bond donors (Lipinski definition) is 2. The summed E-state index contributed by atoms with van der Waals surface area (Å²) in [5.74, 6) is -6.14. The molecule has 0 unspecified atom stereocenters. The molecule has 33 heavy (non-hydrogen) atoms. The molecule has 180 valence electrons. The SMILES string of the molecule is COC(=O)c1cc(F)c(F)cc1NC(=O)c1ncc(C(F)(F)F)cc1NS(=O)(=O)C(F)(F)F. The summed E-state index contributed by atoms with van der Waals surface area (Å²) in [4.78, 5) is 27.2. The molecule has 0 radical (unpaired) electrons. The number of esters is 1. The van der Waals surface area contributed by atoms with E-state index in [1.54, 1.807) is 5.32 Å². The van der Waals surface area contributed by atoms with Gasteiger partial charge < -0.3 is 10.1 Å². The molecule has 2 aromatic rings. The maximum Gasteiger partial charge on any atom is 0.516 e. The van der Waals surface area contributed by atoms with Gasteiger partial charge in [-0.15, -0.1) is 0 Å². The van der Waals surface area contributed by atoms with Crippen LogP contribution in [0.3, 0.4) is 0 Å². The lowest BCUT2D eigenvalue weighted by molar-refractivity contribution is -0.137. The topological polar surface area (TPSA) is 114 Å². The molecule has 2 rings (SSSR count). The first kappa shape index (κ1) is 25.8. The molecular formula is C16H9F8N3O5S. The Morgan fingerprint density at radius 1 is 0.970 bits per heavy atom. The van der Waals surface area contributed by atoms with Crippen LogP contribution < -0.4 is 10.0 Å². The Hall–Kier alpha value is -3.50. The van der Waals surface area contributed by atoms with Gasteiger partial charge in [0.15, 0.2) is 17.3 Å². The number of anilines is 2. The van der Waals surface area contributed by atoms with Crippen LogP contribution in [0.4, 0.5) is 46.5 Å². The van der Waals surface area contributed by atoms with E-state index in [4.69, 9.17) is 0 Å². The van der Waals surface area contributed by atoms with Crippen LogP contribution in [-0.2, 0) is 20.9 Å². The maximum atomic E-state index is 13.6. The quantitative estimate of drug-likeness (QED) is 0.472. The van der Waals surface area contributed by atoms with E-state index in [-0.39, 0.29) is 18.3 Å². The number of ether oxygens (including phenoxy) is 1. The van der Waals surface area contributed by atoms with Gasteiger partial charge in [0.2, 0.25) is 0 Å². The number of nitrogens with one attached hydrogen (secondary N) is 2. The molecule has 0 aliphatic rings. The second kappa shape index (κ2) is 8.80. The minimum atomic E-state index is -6.30. The second-order valence-electron chi connectivity index (χ2n) is 5.93. The van der Waals surface area contributed by atoms with Gasteiger partial charge in [-0.2, -0.15) is 34.8 Å². The summed E-state index contributed by atoms with van der Waals surface area (Å²) in [5.41, 5.74) is -12.2. The molecule has 0 aliphatic carbocycles. The number of rotatable bonds is 5. The van der Waals surface area contributed by atoms with Crippen LogP contribution in [0.15, 0.2) is 24.4 Å². The molecule has 0 bridgehead atoms. The van der Waals surface area contributed by atoms with Crippen LogP contribution in [0.2, 0.25) is 0 Å². The van der Waals surface area contributed by atoms with Crippen LogP contribution in [-0.4, -0.2) is 37.9 Å². The van der Waals surface area contributed by atoms with E-state index in [1.807, 2.05) is 0 Å². The van der Waals surface area contributed by atoms with E-state index < -0.39 is 73.4 Å². The predicted molar refractivity (Wildman–Crippen MR) is 93.5 cm³/mol. The van der Waals surface area contributed by atoms with Crippen molar-refractivity contribution in [1.29, 1.82) is 0 Å². The summed E-state index contributed by atoms with van der Waals surface area (Å²) in [6, 6.07) is 0.422. The lowest BCUT2D eigenvalue weighted by Crippen LogP contribution is -2.31. The van der Waals surface area contributed by atoms with Gasteiger partial charge in [-0.1, -0.05) is 0 Å². The Morgan fingerprint density at radius 3 is 2.06 bits per heavy atom. The lowest BCUT2D eigenvalue weighted by Gasteiger charge is -2.16. The first-order chi connectivity index (χ1) is 15.0. The minimum absolute atomic E-state index is 0.00671. The number of benzene rings is 1. The number of nitrogens with zero attached hydrogens (tertiary/aromatic N) is 1. The van der Waals surface area contributed by atoms with Crippen LogP contribution in [0.5, 0.6) is 0 Å². The molecule has 1 heterocycles. The monoisotopic (exact) mass is 507 g/mol. The molecule has 1 aromatic heterocycles. The van der Waals surface area contributed by atoms with Gasteiger partial charge in [0, 0.05) is 12.3 Å². The van der Waals surface area contributed by atoms with Gasteiger partial charge in [0.25, 0.3) is 5.91 Å². The van der Waals surface area contributed by atoms with Crippen LogP contribution in [0.1, 0.15) is 26.4 Å². The number of carbonyl (C=O) groups is 2. The van der Waals surface area contributed by atoms with Crippen molar-refractivity contribution in [3.05, 3.63) is 52.9 Å². The number of pyridine rings is 1. The summed E-state index contributed by atoms with van der Waals surface area (Å²) in [6.45, 7) is 0. The normalized spacial score (nSPS) is 12.3. The number of methoxy groups -OCH3 is 1. The summed E-state index contributed by atoms with van der Waals surface area (Å²) in [6.07, 6.45) is -5.19. The van der Waals surface area contributed by atoms with Crippen molar-refractivity contribution in [2.45, 2.75) is 11.7 Å². The summed E-state index contributed by atoms with van der Waals surface area (Å²) >= 11 is 0. The summed E-state index contributed by atoms with van der Waals surface area (Å²) < 4.78 is 132. The number of amides is 1. The van der Waals surface area contributed by atoms with E-state index >= 15 is 0 Å². The van der Waals surface area contributed by atoms with Gasteiger partial charge in [-0.05, 0) is 12.1 Å². The molecule has 2 N–H and O–H groups in total. The zero-order valence-electron chi connectivity index (χ0n) is 15.7. The number of alkyl halides is 6. The van der Waals surface area contributed by atoms with Gasteiger partial charge in [-0.3, -0.25) is 9.52 Å². The predicted octanol–water partition coefficient (Wildman–Crippen LogP) is 3.68. The average Bonchev–Trinajstić information content (AvgIpc) is 2.68. The molecule has 0 saturated heterocycles. The third-order valence-corrected chi connectivity index (χ3v) is 4.79. The highest BCUT2D eigenvalue weighted by Gasteiger charge is 2.47. The number of sulfonamides is 1. The summed E-state index contributed by atoms with van der Waals surface area (Å²) in [5, 5.41) is 1.73. The number of aromatic nitrogens is 1. The van der Waals surface area contributed by atoms with Crippen molar-refractivity contribution < 1.29 is 57.9 Å². The van der Waals surface area contributed by atoms with Crippen molar-refractivity contribution >= 4 is 33.3 Å². The Balaban J connectivity index is 2.59. The van der Waals surface area contributed by atoms with Gasteiger partial charge in [0.05, 0.1) is 29.6 Å². The average molecular weight is 507 g/mol. The Kier molecular flexibility index (Phi) is 6.87. The molecule has 17 heteroatoms. The first-order valence-electron chi connectivity index (χ1n) is 8.03. The van der Waals surface area contributed by atoms with Crippen LogP contribution >= 0.6 is 0 Å². The standard InChI is InChI=1S/C16H9F8N3O5S/c1-32-14(29)7-3-8(17)9(18)4-10(7)26-13(28)12-11(27-33(30,31)16(22,23)24)2-6(5-25-12)15(19,20)21/h2-5,27H,1H3,(H,26,28).